The molecule has 0 aromatic heterocycles. The number of carbonyl (C=O) groups is 1. The van der Waals surface area contributed by atoms with Crippen LogP contribution in [0.25, 0.3) is 0 Å². The molecule has 0 radical (unpaired) electrons. The molecule has 23 heavy (non-hydrogen) atoms. The Morgan fingerprint density at radius 1 is 1.17 bits per heavy atom. The Hall–Kier alpha value is -2.01. The number of rotatable bonds is 2. The number of carbonyl (C=O) groups excluding carboxylic acids is 1. The Bertz CT molecular complexity index is 788. The number of para-hydroxylation sites is 1. The first-order valence-electron chi connectivity index (χ1n) is 6.98. The molecule has 3 rings (SSSR count). The first-order valence-corrected chi connectivity index (χ1v) is 7.36. The molecule has 2 nitrogen and oxygen atoms in total. The van der Waals surface area contributed by atoms with E-state index in [-0.39, 0.29) is 22.9 Å². The van der Waals surface area contributed by atoms with Gasteiger partial charge in [0.05, 0.1) is 11.0 Å². The molecular weight excluding hydrogens is 327 g/mol. The quantitative estimate of drug-likeness (QED) is 0.835. The standard InChI is InChI=1S/C17H13ClF3NO/c1-16(13-4-2-3-5-14(13)22-15(16)23)9-10-8-11(18)6-7-12(10)17(19,20)21/h2-8H,9H2,1H3,(H,22,23). The summed E-state index contributed by atoms with van der Waals surface area (Å²) in [6.07, 6.45) is -4.57. The van der Waals surface area contributed by atoms with Crippen LogP contribution < -0.4 is 5.32 Å². The zero-order valence-corrected chi connectivity index (χ0v) is 12.9. The fraction of sp³-hybridized carbons (Fsp3) is 0.235. The number of hydrogen-bond acceptors (Lipinski definition) is 1. The van der Waals surface area contributed by atoms with Gasteiger partial charge in [-0.1, -0.05) is 29.8 Å². The molecule has 2 aromatic rings. The largest absolute Gasteiger partial charge is 0.416 e. The number of benzene rings is 2. The van der Waals surface area contributed by atoms with Crippen LogP contribution in [-0.4, -0.2) is 5.91 Å². The molecule has 0 fully saturated rings. The maximum atomic E-state index is 13.2. The lowest BCUT2D eigenvalue weighted by atomic mass is 9.77. The molecule has 1 aliphatic heterocycles. The third kappa shape index (κ3) is 2.70. The zero-order valence-electron chi connectivity index (χ0n) is 12.2. The number of nitrogens with one attached hydrogen (secondary N) is 1. The van der Waals surface area contributed by atoms with Gasteiger partial charge >= 0.3 is 6.18 Å². The number of anilines is 1. The minimum absolute atomic E-state index is 0.0133. The molecule has 0 bridgehead atoms. The average molecular weight is 340 g/mol. The van der Waals surface area contributed by atoms with E-state index >= 15 is 0 Å². The molecule has 2 aromatic carbocycles. The molecule has 1 unspecified atom stereocenters. The van der Waals surface area contributed by atoms with Gasteiger partial charge in [-0.3, -0.25) is 4.79 Å². The van der Waals surface area contributed by atoms with Crippen LogP contribution in [0.2, 0.25) is 5.02 Å². The van der Waals surface area contributed by atoms with Crippen molar-refractivity contribution in [3.8, 4) is 0 Å². The van der Waals surface area contributed by atoms with Gasteiger partial charge in [0.2, 0.25) is 5.91 Å². The molecule has 1 atom stereocenters. The van der Waals surface area contributed by atoms with Gasteiger partial charge in [-0.2, -0.15) is 13.2 Å². The van der Waals surface area contributed by atoms with Crippen LogP contribution in [-0.2, 0) is 22.8 Å². The Morgan fingerprint density at radius 2 is 1.87 bits per heavy atom. The van der Waals surface area contributed by atoms with Crippen molar-refractivity contribution in [2.45, 2.75) is 24.9 Å². The van der Waals surface area contributed by atoms with Gasteiger partial charge in [0.15, 0.2) is 0 Å². The van der Waals surface area contributed by atoms with Crippen molar-refractivity contribution in [3.05, 3.63) is 64.2 Å². The lowest BCUT2D eigenvalue weighted by Crippen LogP contribution is -2.34. The molecule has 1 N–H and O–H groups in total. The highest BCUT2D eigenvalue weighted by atomic mass is 35.5. The Kier molecular flexibility index (Phi) is 3.64. The van der Waals surface area contributed by atoms with Gasteiger partial charge < -0.3 is 5.32 Å². The van der Waals surface area contributed by atoms with E-state index in [1.807, 2.05) is 0 Å². The first kappa shape index (κ1) is 15.9. The molecular formula is C17H13ClF3NO. The summed E-state index contributed by atoms with van der Waals surface area (Å²) in [5.41, 5.74) is -0.491. The number of alkyl halides is 3. The zero-order chi connectivity index (χ0) is 16.8. The third-order valence-electron chi connectivity index (χ3n) is 4.19. The van der Waals surface area contributed by atoms with Gasteiger partial charge in [0, 0.05) is 10.7 Å². The van der Waals surface area contributed by atoms with Crippen LogP contribution in [0, 0.1) is 0 Å². The fourth-order valence-corrected chi connectivity index (χ4v) is 3.19. The van der Waals surface area contributed by atoms with E-state index in [9.17, 15) is 18.0 Å². The van der Waals surface area contributed by atoms with E-state index in [1.165, 1.54) is 12.1 Å². The van der Waals surface area contributed by atoms with Gasteiger partial charge in [-0.05, 0) is 48.7 Å². The highest BCUT2D eigenvalue weighted by molar-refractivity contribution is 6.30. The predicted octanol–water partition coefficient (Wildman–Crippen LogP) is 4.81. The molecule has 0 aliphatic carbocycles. The molecule has 1 amide bonds. The van der Waals surface area contributed by atoms with Crippen molar-refractivity contribution >= 4 is 23.2 Å². The van der Waals surface area contributed by atoms with Gasteiger partial charge in [-0.25, -0.2) is 0 Å². The van der Waals surface area contributed by atoms with Crippen molar-refractivity contribution in [3.63, 3.8) is 0 Å². The third-order valence-corrected chi connectivity index (χ3v) is 4.42. The second-order valence-corrected chi connectivity index (χ2v) is 6.24. The SMILES string of the molecule is CC1(Cc2cc(Cl)ccc2C(F)(F)F)C(=O)Nc2ccccc21. The van der Waals surface area contributed by atoms with E-state index in [0.29, 0.717) is 11.3 Å². The highest BCUT2D eigenvalue weighted by Crippen LogP contribution is 2.42. The van der Waals surface area contributed by atoms with Crippen LogP contribution in [0.1, 0.15) is 23.6 Å². The molecule has 6 heteroatoms. The van der Waals surface area contributed by atoms with Crippen molar-refractivity contribution in [1.29, 1.82) is 0 Å². The van der Waals surface area contributed by atoms with E-state index in [0.717, 1.165) is 6.07 Å². The summed E-state index contributed by atoms with van der Waals surface area (Å²) in [7, 11) is 0. The average Bonchev–Trinajstić information content (AvgIpc) is 2.69. The second-order valence-electron chi connectivity index (χ2n) is 5.81. The minimum atomic E-state index is -4.50. The van der Waals surface area contributed by atoms with Crippen molar-refractivity contribution in [2.24, 2.45) is 0 Å². The van der Waals surface area contributed by atoms with Crippen LogP contribution in [0.5, 0.6) is 0 Å². The summed E-state index contributed by atoms with van der Waals surface area (Å²) >= 11 is 5.87. The van der Waals surface area contributed by atoms with E-state index in [1.54, 1.807) is 31.2 Å². The van der Waals surface area contributed by atoms with Crippen LogP contribution in [0.3, 0.4) is 0 Å². The topological polar surface area (TPSA) is 29.1 Å². The fourth-order valence-electron chi connectivity index (χ4n) is 3.00. The Morgan fingerprint density at radius 3 is 2.57 bits per heavy atom. The molecule has 0 saturated heterocycles. The minimum Gasteiger partial charge on any atom is -0.325 e. The molecule has 1 heterocycles. The maximum Gasteiger partial charge on any atom is 0.416 e. The summed E-state index contributed by atoms with van der Waals surface area (Å²) in [4.78, 5) is 12.4. The van der Waals surface area contributed by atoms with Crippen molar-refractivity contribution < 1.29 is 18.0 Å². The first-order chi connectivity index (χ1) is 10.7. The molecule has 120 valence electrons. The van der Waals surface area contributed by atoms with E-state index in [2.05, 4.69) is 5.32 Å². The molecule has 1 aliphatic rings. The Balaban J connectivity index is 2.09. The number of fused-ring (bicyclic) bond motifs is 1. The van der Waals surface area contributed by atoms with Crippen LogP contribution in [0.15, 0.2) is 42.5 Å². The monoisotopic (exact) mass is 339 g/mol. The maximum absolute atomic E-state index is 13.2. The van der Waals surface area contributed by atoms with Crippen LogP contribution in [0.4, 0.5) is 18.9 Å². The second kappa shape index (κ2) is 5.27. The van der Waals surface area contributed by atoms with E-state index in [4.69, 9.17) is 11.6 Å². The Labute approximate surface area is 136 Å². The normalized spacial score (nSPS) is 20.3. The van der Waals surface area contributed by atoms with Crippen molar-refractivity contribution in [2.75, 3.05) is 5.32 Å². The summed E-state index contributed by atoms with van der Waals surface area (Å²) in [6.45, 7) is 1.65. The van der Waals surface area contributed by atoms with Crippen LogP contribution >= 0.6 is 11.6 Å². The number of amides is 1. The lowest BCUT2D eigenvalue weighted by Gasteiger charge is -2.24. The summed E-state index contributed by atoms with van der Waals surface area (Å²) in [5.74, 6) is -0.313. The highest BCUT2D eigenvalue weighted by Gasteiger charge is 2.44. The molecule has 0 spiro atoms. The number of hydrogen-bond donors (Lipinski definition) is 1. The summed E-state index contributed by atoms with van der Waals surface area (Å²) in [5, 5.41) is 2.94. The van der Waals surface area contributed by atoms with Gasteiger partial charge in [0.25, 0.3) is 0 Å². The predicted molar refractivity (Wildman–Crippen MR) is 82.6 cm³/mol. The molecule has 0 saturated carbocycles. The smallest absolute Gasteiger partial charge is 0.325 e. The van der Waals surface area contributed by atoms with Gasteiger partial charge in [0.1, 0.15) is 0 Å². The lowest BCUT2D eigenvalue weighted by molar-refractivity contribution is -0.138. The van der Waals surface area contributed by atoms with Gasteiger partial charge in [-0.15, -0.1) is 0 Å². The summed E-state index contributed by atoms with van der Waals surface area (Å²) in [6, 6.07) is 10.5. The van der Waals surface area contributed by atoms with Crippen molar-refractivity contribution in [1.82, 2.24) is 0 Å². The number of halogens is 4. The summed E-state index contributed by atoms with van der Waals surface area (Å²) < 4.78 is 39.7. The van der Waals surface area contributed by atoms with E-state index < -0.39 is 17.2 Å².